The highest BCUT2D eigenvalue weighted by Crippen LogP contribution is 2.31. The van der Waals surface area contributed by atoms with Gasteiger partial charge in [0.25, 0.3) is 5.56 Å². The minimum Gasteiger partial charge on any atom is -0.355 e. The van der Waals surface area contributed by atoms with Crippen LogP contribution in [0.15, 0.2) is 41.6 Å². The number of aromatic nitrogens is 5. The highest BCUT2D eigenvalue weighted by Gasteiger charge is 2.26. The molecule has 3 aromatic rings. The number of anilines is 1. The molecule has 3 aromatic heterocycles. The molecule has 0 radical (unpaired) electrons. The monoisotopic (exact) mass is 380 g/mol. The van der Waals surface area contributed by atoms with Crippen LogP contribution in [0.2, 0.25) is 0 Å². The molecule has 1 aliphatic heterocycles. The molecule has 0 atom stereocenters. The van der Waals surface area contributed by atoms with E-state index in [-0.39, 0.29) is 24.3 Å². The first-order chi connectivity index (χ1) is 13.4. The number of nitrogens with zero attached hydrogens (tertiary/aromatic N) is 6. The van der Waals surface area contributed by atoms with Crippen LogP contribution in [0.25, 0.3) is 5.65 Å². The molecule has 0 bridgehead atoms. The van der Waals surface area contributed by atoms with Gasteiger partial charge >= 0.3 is 0 Å². The van der Waals surface area contributed by atoms with Crippen LogP contribution in [0.3, 0.4) is 0 Å². The second-order valence-corrected chi connectivity index (χ2v) is 8.15. The molecular formula is C20H24N6O2. The first-order valence-corrected chi connectivity index (χ1v) is 9.53. The van der Waals surface area contributed by atoms with E-state index in [1.807, 2.05) is 12.1 Å². The van der Waals surface area contributed by atoms with Crippen LogP contribution in [0.1, 0.15) is 32.3 Å². The third-order valence-electron chi connectivity index (χ3n) is 5.37. The fourth-order valence-corrected chi connectivity index (χ4v) is 3.48. The van der Waals surface area contributed by atoms with Gasteiger partial charge in [0, 0.05) is 31.8 Å². The molecular weight excluding hydrogens is 356 g/mol. The Labute approximate surface area is 162 Å². The quantitative estimate of drug-likeness (QED) is 0.670. The normalized spacial score (nSPS) is 16.4. The molecule has 0 saturated carbocycles. The van der Waals surface area contributed by atoms with Crippen molar-refractivity contribution in [3.63, 3.8) is 0 Å². The number of piperidine rings is 1. The maximum atomic E-state index is 12.5. The predicted octanol–water partition coefficient (Wildman–Crippen LogP) is 1.72. The van der Waals surface area contributed by atoms with Gasteiger partial charge < -0.3 is 4.90 Å². The summed E-state index contributed by atoms with van der Waals surface area (Å²) >= 11 is 0. The van der Waals surface area contributed by atoms with Crippen molar-refractivity contribution in [3.05, 3.63) is 52.7 Å². The largest absolute Gasteiger partial charge is 0.355 e. The third kappa shape index (κ3) is 3.95. The first kappa shape index (κ1) is 18.3. The summed E-state index contributed by atoms with van der Waals surface area (Å²) in [5.41, 5.74) is 1.61. The number of rotatable bonds is 5. The van der Waals surface area contributed by atoms with E-state index >= 15 is 0 Å². The highest BCUT2D eigenvalue weighted by molar-refractivity contribution is 5.80. The Morgan fingerprint density at radius 1 is 1.18 bits per heavy atom. The van der Waals surface area contributed by atoms with E-state index in [1.165, 1.54) is 17.1 Å². The van der Waals surface area contributed by atoms with Gasteiger partial charge in [-0.15, -0.1) is 0 Å². The Hall–Kier alpha value is -3.03. The third-order valence-corrected chi connectivity index (χ3v) is 5.37. The number of ketones is 1. The Morgan fingerprint density at radius 2 is 1.96 bits per heavy atom. The van der Waals surface area contributed by atoms with E-state index in [0.717, 1.165) is 37.3 Å². The van der Waals surface area contributed by atoms with Crippen molar-refractivity contribution in [2.24, 2.45) is 5.41 Å². The summed E-state index contributed by atoms with van der Waals surface area (Å²) in [6.45, 7) is 6.32. The van der Waals surface area contributed by atoms with E-state index in [1.54, 1.807) is 16.8 Å². The van der Waals surface area contributed by atoms with Crippen LogP contribution in [-0.4, -0.2) is 43.3 Å². The fraction of sp³-hybridized carbons (Fsp3) is 0.450. The molecule has 0 aromatic carbocycles. The Balaban J connectivity index is 1.46. The lowest BCUT2D eigenvalue weighted by atomic mass is 9.83. The predicted molar refractivity (Wildman–Crippen MR) is 105 cm³/mol. The van der Waals surface area contributed by atoms with Gasteiger partial charge in [0.2, 0.25) is 0 Å². The zero-order valence-corrected chi connectivity index (χ0v) is 16.2. The van der Waals surface area contributed by atoms with Gasteiger partial charge in [-0.05, 0) is 42.0 Å². The topological polar surface area (TPSA) is 85.4 Å². The molecule has 0 spiro atoms. The molecule has 4 heterocycles. The first-order valence-electron chi connectivity index (χ1n) is 9.53. The van der Waals surface area contributed by atoms with Crippen molar-refractivity contribution in [1.29, 1.82) is 0 Å². The number of carbonyl (C=O) groups is 1. The van der Waals surface area contributed by atoms with Crippen molar-refractivity contribution in [2.75, 3.05) is 18.0 Å². The molecule has 1 saturated heterocycles. The molecule has 1 fully saturated rings. The Kier molecular flexibility index (Phi) is 4.70. The van der Waals surface area contributed by atoms with E-state index in [9.17, 15) is 9.59 Å². The van der Waals surface area contributed by atoms with Crippen LogP contribution in [0, 0.1) is 5.41 Å². The van der Waals surface area contributed by atoms with Crippen molar-refractivity contribution in [1.82, 2.24) is 24.4 Å². The molecule has 1 aliphatic rings. The van der Waals surface area contributed by atoms with E-state index < -0.39 is 0 Å². The van der Waals surface area contributed by atoms with Gasteiger partial charge in [-0.3, -0.25) is 9.59 Å². The molecule has 8 nitrogen and oxygen atoms in total. The van der Waals surface area contributed by atoms with Gasteiger partial charge in [-0.2, -0.15) is 10.2 Å². The summed E-state index contributed by atoms with van der Waals surface area (Å²) in [4.78, 5) is 31.0. The number of carbonyl (C=O) groups excluding carboxylic acids is 1. The van der Waals surface area contributed by atoms with Crippen LogP contribution < -0.4 is 10.5 Å². The maximum Gasteiger partial charge on any atom is 0.267 e. The average molecular weight is 380 g/mol. The van der Waals surface area contributed by atoms with Gasteiger partial charge in [0.05, 0.1) is 0 Å². The second-order valence-electron chi connectivity index (χ2n) is 8.15. The summed E-state index contributed by atoms with van der Waals surface area (Å²) in [5.74, 6) is 0.683. The lowest BCUT2D eigenvalue weighted by Crippen LogP contribution is -2.39. The molecule has 146 valence electrons. The van der Waals surface area contributed by atoms with Crippen molar-refractivity contribution >= 4 is 17.2 Å². The van der Waals surface area contributed by atoms with Crippen LogP contribution in [0.5, 0.6) is 0 Å². The number of pyridine rings is 1. The summed E-state index contributed by atoms with van der Waals surface area (Å²) in [5, 5.41) is 8.49. The van der Waals surface area contributed by atoms with E-state index in [4.69, 9.17) is 0 Å². The number of Topliss-reactive ketones (excluding diaryl/α,β-unsaturated/α-hetero) is 1. The molecule has 0 N–H and O–H groups in total. The van der Waals surface area contributed by atoms with Crippen molar-refractivity contribution < 1.29 is 4.79 Å². The molecule has 0 amide bonds. The Morgan fingerprint density at radius 3 is 2.75 bits per heavy atom. The van der Waals surface area contributed by atoms with Gasteiger partial charge in [0.1, 0.15) is 18.7 Å². The maximum absolute atomic E-state index is 12.5. The number of fused-ring (bicyclic) bond motifs is 1. The minimum atomic E-state index is -0.262. The van der Waals surface area contributed by atoms with Gasteiger partial charge in [0.15, 0.2) is 11.4 Å². The fourth-order valence-electron chi connectivity index (χ4n) is 3.48. The van der Waals surface area contributed by atoms with Crippen LogP contribution in [0.4, 0.5) is 5.82 Å². The highest BCUT2D eigenvalue weighted by atomic mass is 16.1. The minimum absolute atomic E-state index is 0.0378. The summed E-state index contributed by atoms with van der Waals surface area (Å²) in [7, 11) is 0. The number of hydrogen-bond acceptors (Lipinski definition) is 6. The standard InChI is InChI=1S/C20H24N6O2/c1-20(2)6-9-24(10-7-20)17-3-4-19(28)26(23-17)13-16(27)11-15-5-8-25-18(12-15)21-14-22-25/h3-5,8,12,14H,6-7,9-11,13H2,1-2H3. The van der Waals surface area contributed by atoms with E-state index in [2.05, 4.69) is 33.9 Å². The molecule has 8 heteroatoms. The smallest absolute Gasteiger partial charge is 0.267 e. The summed E-state index contributed by atoms with van der Waals surface area (Å²) in [6, 6.07) is 6.91. The molecule has 28 heavy (non-hydrogen) atoms. The van der Waals surface area contributed by atoms with Crippen molar-refractivity contribution in [3.8, 4) is 0 Å². The Bertz CT molecular complexity index is 1060. The van der Waals surface area contributed by atoms with Crippen molar-refractivity contribution in [2.45, 2.75) is 39.7 Å². The zero-order chi connectivity index (χ0) is 19.7. The molecule has 4 rings (SSSR count). The SMILES string of the molecule is CC1(C)CCN(c2ccc(=O)n(CC(=O)Cc3ccn4ncnc4c3)n2)CC1. The lowest BCUT2D eigenvalue weighted by Gasteiger charge is -2.37. The van der Waals surface area contributed by atoms with E-state index in [0.29, 0.717) is 11.1 Å². The van der Waals surface area contributed by atoms with Gasteiger partial charge in [-0.1, -0.05) is 13.8 Å². The average Bonchev–Trinajstić information content (AvgIpc) is 3.11. The summed E-state index contributed by atoms with van der Waals surface area (Å²) in [6.07, 6.45) is 5.63. The second kappa shape index (κ2) is 7.18. The summed E-state index contributed by atoms with van der Waals surface area (Å²) < 4.78 is 2.91. The van der Waals surface area contributed by atoms with Crippen LogP contribution >= 0.6 is 0 Å². The lowest BCUT2D eigenvalue weighted by molar-refractivity contribution is -0.119. The van der Waals surface area contributed by atoms with Gasteiger partial charge in [-0.25, -0.2) is 14.2 Å². The molecule has 0 unspecified atom stereocenters. The van der Waals surface area contributed by atoms with Crippen LogP contribution in [-0.2, 0) is 17.8 Å². The molecule has 0 aliphatic carbocycles. The zero-order valence-electron chi connectivity index (χ0n) is 16.2. The number of hydrogen-bond donors (Lipinski definition) is 0.